The van der Waals surface area contributed by atoms with Gasteiger partial charge in [-0.3, -0.25) is 19.8 Å². The van der Waals surface area contributed by atoms with Crippen LogP contribution in [0.3, 0.4) is 0 Å². The zero-order valence-corrected chi connectivity index (χ0v) is 16.0. The monoisotopic (exact) mass is 390 g/mol. The fraction of sp³-hybridized carbons (Fsp3) is 0.526. The molecule has 9 heteroatoms. The molecule has 3 rings (SSSR count). The second-order valence-electron chi connectivity index (χ2n) is 6.79. The zero-order chi connectivity index (χ0) is 20.1. The van der Waals surface area contributed by atoms with Gasteiger partial charge in [0.15, 0.2) is 0 Å². The first-order valence-electron chi connectivity index (χ1n) is 9.43. The van der Waals surface area contributed by atoms with Gasteiger partial charge in [-0.2, -0.15) is 0 Å². The molecule has 9 nitrogen and oxygen atoms in total. The number of hydrogen-bond acceptors (Lipinski definition) is 6. The molecule has 3 N–H and O–H groups in total. The van der Waals surface area contributed by atoms with E-state index in [9.17, 15) is 14.4 Å². The number of carbonyl (C=O) groups excluding carboxylic acids is 3. The predicted molar refractivity (Wildman–Crippen MR) is 102 cm³/mol. The van der Waals surface area contributed by atoms with E-state index in [0.29, 0.717) is 43.2 Å². The van der Waals surface area contributed by atoms with Gasteiger partial charge in [-0.05, 0) is 31.0 Å². The van der Waals surface area contributed by atoms with Crippen molar-refractivity contribution in [2.45, 2.75) is 25.4 Å². The van der Waals surface area contributed by atoms with Crippen molar-refractivity contribution in [3.8, 4) is 5.75 Å². The molecule has 1 aromatic carbocycles. The van der Waals surface area contributed by atoms with Gasteiger partial charge in [-0.1, -0.05) is 0 Å². The first-order valence-corrected chi connectivity index (χ1v) is 9.43. The van der Waals surface area contributed by atoms with Gasteiger partial charge < -0.3 is 20.1 Å². The van der Waals surface area contributed by atoms with E-state index in [1.165, 1.54) is 12.0 Å². The van der Waals surface area contributed by atoms with Gasteiger partial charge in [0.2, 0.25) is 5.91 Å². The molecule has 0 aliphatic carbocycles. The number of benzene rings is 1. The Hall–Kier alpha value is -2.65. The van der Waals surface area contributed by atoms with E-state index in [4.69, 9.17) is 15.2 Å². The lowest BCUT2D eigenvalue weighted by Gasteiger charge is -2.32. The van der Waals surface area contributed by atoms with Crippen LogP contribution < -0.4 is 20.7 Å². The number of ether oxygens (including phenoxy) is 2. The third-order valence-electron chi connectivity index (χ3n) is 4.97. The lowest BCUT2D eigenvalue weighted by atomic mass is 10.1. The summed E-state index contributed by atoms with van der Waals surface area (Å²) in [6.45, 7) is 2.47. The van der Waals surface area contributed by atoms with Crippen molar-refractivity contribution >= 4 is 23.5 Å². The Morgan fingerprint density at radius 2 is 2.00 bits per heavy atom. The maximum absolute atomic E-state index is 12.9. The van der Waals surface area contributed by atoms with Crippen LogP contribution >= 0.6 is 0 Å². The smallest absolute Gasteiger partial charge is 0.328 e. The molecule has 0 radical (unpaired) electrons. The molecule has 4 amide bonds. The molecule has 2 heterocycles. The summed E-state index contributed by atoms with van der Waals surface area (Å²) in [6.07, 6.45) is 1.87. The number of nitrogens with two attached hydrogens (primary N) is 1. The van der Waals surface area contributed by atoms with Crippen molar-refractivity contribution in [3.63, 3.8) is 0 Å². The number of anilines is 1. The van der Waals surface area contributed by atoms with Crippen molar-refractivity contribution in [3.05, 3.63) is 23.8 Å². The molecule has 0 unspecified atom stereocenters. The van der Waals surface area contributed by atoms with Gasteiger partial charge >= 0.3 is 6.03 Å². The summed E-state index contributed by atoms with van der Waals surface area (Å²) in [6, 6.07) is 4.49. The van der Waals surface area contributed by atoms with Crippen LogP contribution in [0.1, 0.15) is 29.6 Å². The fourth-order valence-corrected chi connectivity index (χ4v) is 3.47. The number of amides is 4. The van der Waals surface area contributed by atoms with E-state index in [-0.39, 0.29) is 30.9 Å². The van der Waals surface area contributed by atoms with E-state index < -0.39 is 6.03 Å². The van der Waals surface area contributed by atoms with Gasteiger partial charge in [-0.15, -0.1) is 0 Å². The molecule has 152 valence electrons. The number of rotatable bonds is 6. The van der Waals surface area contributed by atoms with Crippen LogP contribution in [-0.2, 0) is 9.53 Å². The number of nitrogens with zero attached hydrogens (tertiary/aromatic N) is 2. The summed E-state index contributed by atoms with van der Waals surface area (Å²) in [5.74, 6) is 0.0526. The second kappa shape index (κ2) is 9.03. The lowest BCUT2D eigenvalue weighted by Crippen LogP contribution is -2.49. The minimum Gasteiger partial charge on any atom is -0.495 e. The molecular formula is C19H26N4O5. The molecule has 2 saturated heterocycles. The largest absolute Gasteiger partial charge is 0.495 e. The fourth-order valence-electron chi connectivity index (χ4n) is 3.47. The van der Waals surface area contributed by atoms with Crippen LogP contribution in [0.5, 0.6) is 5.75 Å². The maximum atomic E-state index is 12.9. The van der Waals surface area contributed by atoms with Gasteiger partial charge in [0.1, 0.15) is 5.75 Å². The summed E-state index contributed by atoms with van der Waals surface area (Å²) >= 11 is 0. The van der Waals surface area contributed by atoms with Crippen molar-refractivity contribution in [1.82, 2.24) is 10.2 Å². The van der Waals surface area contributed by atoms with Crippen LogP contribution in [0.4, 0.5) is 10.5 Å². The molecule has 2 fully saturated rings. The normalized spacial score (nSPS) is 18.2. The number of nitrogens with one attached hydrogen (secondary N) is 1. The number of hydrogen-bond donors (Lipinski definition) is 2. The minimum atomic E-state index is -0.517. The van der Waals surface area contributed by atoms with E-state index in [2.05, 4.69) is 5.32 Å². The maximum Gasteiger partial charge on any atom is 0.328 e. The summed E-state index contributed by atoms with van der Waals surface area (Å²) in [5.41, 5.74) is 6.41. The number of likely N-dealkylation sites (tertiary alicyclic amines) is 1. The molecule has 2 aliphatic rings. The average Bonchev–Trinajstić information content (AvgIpc) is 2.71. The van der Waals surface area contributed by atoms with Crippen molar-refractivity contribution < 1.29 is 23.9 Å². The van der Waals surface area contributed by atoms with E-state index in [1.54, 1.807) is 23.1 Å². The number of piperidine rings is 1. The Bertz CT molecular complexity index is 746. The summed E-state index contributed by atoms with van der Waals surface area (Å²) in [7, 11) is 1.50. The van der Waals surface area contributed by atoms with E-state index in [1.807, 2.05) is 0 Å². The quantitative estimate of drug-likeness (QED) is 0.740. The zero-order valence-electron chi connectivity index (χ0n) is 16.0. The Morgan fingerprint density at radius 1 is 1.25 bits per heavy atom. The highest BCUT2D eigenvalue weighted by molar-refractivity contribution is 6.07. The molecular weight excluding hydrogens is 364 g/mol. The van der Waals surface area contributed by atoms with E-state index >= 15 is 0 Å². The molecule has 0 bridgehead atoms. The Kier molecular flexibility index (Phi) is 6.48. The van der Waals surface area contributed by atoms with Crippen LogP contribution in [0.2, 0.25) is 0 Å². The Morgan fingerprint density at radius 3 is 2.64 bits per heavy atom. The lowest BCUT2D eigenvalue weighted by molar-refractivity contribution is -0.120. The van der Waals surface area contributed by atoms with Crippen LogP contribution in [-0.4, -0.2) is 68.7 Å². The summed E-state index contributed by atoms with van der Waals surface area (Å²) < 4.78 is 11.0. The van der Waals surface area contributed by atoms with Gasteiger partial charge in [0, 0.05) is 38.2 Å². The predicted octanol–water partition coefficient (Wildman–Crippen LogP) is 0.721. The molecule has 2 aliphatic heterocycles. The first-order chi connectivity index (χ1) is 13.5. The third-order valence-corrected chi connectivity index (χ3v) is 4.97. The van der Waals surface area contributed by atoms with Gasteiger partial charge in [0.05, 0.1) is 25.5 Å². The van der Waals surface area contributed by atoms with Gasteiger partial charge in [0.25, 0.3) is 5.91 Å². The molecule has 0 saturated carbocycles. The number of carbonyl (C=O) groups is 3. The SMILES string of the molecule is COc1ccc(C(=O)N2CCC(OCCN)CC2)cc1N1CCC(=O)NC1=O. The highest BCUT2D eigenvalue weighted by atomic mass is 16.5. The molecule has 28 heavy (non-hydrogen) atoms. The Balaban J connectivity index is 1.73. The van der Waals surface area contributed by atoms with E-state index in [0.717, 1.165) is 12.8 Å². The molecule has 0 atom stereocenters. The topological polar surface area (TPSA) is 114 Å². The molecule has 0 spiro atoms. The summed E-state index contributed by atoms with van der Waals surface area (Å²) in [4.78, 5) is 39.8. The highest BCUT2D eigenvalue weighted by Crippen LogP contribution is 2.31. The highest BCUT2D eigenvalue weighted by Gasteiger charge is 2.29. The number of urea groups is 1. The second-order valence-corrected chi connectivity index (χ2v) is 6.79. The standard InChI is InChI=1S/C19H26N4O5/c1-27-16-3-2-13(12-15(16)23-10-6-17(24)21-19(23)26)18(25)22-8-4-14(5-9-22)28-11-7-20/h2-3,12,14H,4-11,20H2,1H3,(H,21,24,26). The Labute approximate surface area is 163 Å². The number of imide groups is 1. The van der Waals surface area contributed by atoms with Crippen LogP contribution in [0, 0.1) is 0 Å². The molecule has 0 aromatic heterocycles. The van der Waals surface area contributed by atoms with Gasteiger partial charge in [-0.25, -0.2) is 4.79 Å². The van der Waals surface area contributed by atoms with Crippen LogP contribution in [0.25, 0.3) is 0 Å². The average molecular weight is 390 g/mol. The summed E-state index contributed by atoms with van der Waals surface area (Å²) in [5, 5.41) is 2.29. The van der Waals surface area contributed by atoms with Crippen LogP contribution in [0.15, 0.2) is 18.2 Å². The first kappa shape index (κ1) is 20.1. The minimum absolute atomic E-state index is 0.102. The number of methoxy groups -OCH3 is 1. The van der Waals surface area contributed by atoms with Crippen molar-refractivity contribution in [2.75, 3.05) is 44.8 Å². The molecule has 1 aromatic rings. The van der Waals surface area contributed by atoms with Crippen molar-refractivity contribution in [2.24, 2.45) is 5.73 Å². The van der Waals surface area contributed by atoms with Crippen molar-refractivity contribution in [1.29, 1.82) is 0 Å². The third kappa shape index (κ3) is 4.42.